The van der Waals surface area contributed by atoms with E-state index in [0.717, 1.165) is 10.2 Å². The van der Waals surface area contributed by atoms with Gasteiger partial charge in [-0.2, -0.15) is 0 Å². The van der Waals surface area contributed by atoms with Crippen molar-refractivity contribution < 1.29 is 14.4 Å². The van der Waals surface area contributed by atoms with Gasteiger partial charge in [-0.05, 0) is 30.0 Å². The van der Waals surface area contributed by atoms with Crippen LogP contribution in [-0.2, 0) is 4.79 Å². The van der Waals surface area contributed by atoms with Crippen molar-refractivity contribution in [1.82, 2.24) is 9.88 Å². The van der Waals surface area contributed by atoms with Crippen molar-refractivity contribution in [3.05, 3.63) is 46.3 Å². The van der Waals surface area contributed by atoms with Gasteiger partial charge >= 0.3 is 0 Å². The second-order valence-electron chi connectivity index (χ2n) is 5.56. The maximum absolute atomic E-state index is 12.5. The lowest BCUT2D eigenvalue weighted by Crippen LogP contribution is -2.32. The quantitative estimate of drug-likeness (QED) is 0.716. The van der Waals surface area contributed by atoms with Gasteiger partial charge in [0.25, 0.3) is 11.8 Å². The van der Waals surface area contributed by atoms with Crippen LogP contribution in [0.15, 0.2) is 35.7 Å². The summed E-state index contributed by atoms with van der Waals surface area (Å²) in [6.07, 6.45) is 1.07. The molecule has 1 aromatic carbocycles. The highest BCUT2D eigenvalue weighted by Crippen LogP contribution is 2.28. The molecule has 8 heteroatoms. The van der Waals surface area contributed by atoms with Crippen molar-refractivity contribution in [2.75, 3.05) is 11.9 Å². The molecule has 0 spiro atoms. The molecule has 1 N–H and O–H groups in total. The first-order valence-electron chi connectivity index (χ1n) is 7.72. The van der Waals surface area contributed by atoms with E-state index in [0.29, 0.717) is 35.0 Å². The van der Waals surface area contributed by atoms with Gasteiger partial charge in [0, 0.05) is 13.0 Å². The Morgan fingerprint density at radius 1 is 1.20 bits per heavy atom. The lowest BCUT2D eigenvalue weighted by molar-refractivity contribution is -0.125. The van der Waals surface area contributed by atoms with Gasteiger partial charge in [-0.1, -0.05) is 12.1 Å². The lowest BCUT2D eigenvalue weighted by atomic mass is 10.2. The Morgan fingerprint density at radius 3 is 2.80 bits per heavy atom. The molecular weight excluding hydrogens is 358 g/mol. The first kappa shape index (κ1) is 15.9. The van der Waals surface area contributed by atoms with Crippen molar-refractivity contribution in [3.8, 4) is 0 Å². The van der Waals surface area contributed by atoms with Crippen LogP contribution >= 0.6 is 22.7 Å². The number of likely N-dealkylation sites (tertiary alicyclic amines) is 1. The molecule has 0 aliphatic carbocycles. The SMILES string of the molecule is O=C(Nc1sccc1C(=O)N1CCCC1=O)c1nc2ccccc2s1. The molecule has 25 heavy (non-hydrogen) atoms. The number of imide groups is 1. The number of anilines is 1. The molecular formula is C17H13N3O3S2. The zero-order chi connectivity index (χ0) is 17.4. The molecule has 3 amide bonds. The topological polar surface area (TPSA) is 79.4 Å². The van der Waals surface area contributed by atoms with E-state index in [4.69, 9.17) is 0 Å². The number of para-hydroxylation sites is 1. The third kappa shape index (κ3) is 2.94. The zero-order valence-electron chi connectivity index (χ0n) is 13.0. The third-order valence-electron chi connectivity index (χ3n) is 3.93. The van der Waals surface area contributed by atoms with E-state index in [1.54, 1.807) is 11.4 Å². The fraction of sp³-hybridized carbons (Fsp3) is 0.176. The molecule has 1 saturated heterocycles. The minimum Gasteiger partial charge on any atom is -0.311 e. The summed E-state index contributed by atoms with van der Waals surface area (Å²) in [5.41, 5.74) is 1.11. The summed E-state index contributed by atoms with van der Waals surface area (Å²) in [7, 11) is 0. The molecule has 0 radical (unpaired) electrons. The Kier molecular flexibility index (Phi) is 4.06. The van der Waals surface area contributed by atoms with Crippen LogP contribution in [0.1, 0.15) is 33.0 Å². The number of hydrogen-bond donors (Lipinski definition) is 1. The first-order chi connectivity index (χ1) is 12.1. The summed E-state index contributed by atoms with van der Waals surface area (Å²) in [6.45, 7) is 0.429. The van der Waals surface area contributed by atoms with Gasteiger partial charge in [-0.25, -0.2) is 4.98 Å². The molecule has 0 saturated carbocycles. The van der Waals surface area contributed by atoms with Gasteiger partial charge in [0.05, 0.1) is 15.8 Å². The van der Waals surface area contributed by atoms with E-state index in [1.807, 2.05) is 24.3 Å². The summed E-state index contributed by atoms with van der Waals surface area (Å²) < 4.78 is 0.929. The number of thiophene rings is 1. The Hall–Kier alpha value is -2.58. The van der Waals surface area contributed by atoms with Gasteiger partial charge < -0.3 is 5.32 Å². The molecule has 126 valence electrons. The Bertz CT molecular complexity index is 959. The van der Waals surface area contributed by atoms with Crippen LogP contribution in [0.2, 0.25) is 0 Å². The van der Waals surface area contributed by atoms with Crippen LogP contribution in [0.5, 0.6) is 0 Å². The minimum absolute atomic E-state index is 0.167. The standard InChI is InChI=1S/C17H13N3O3S2/c21-13-6-3-8-20(13)17(23)10-7-9-24-15(10)19-14(22)16-18-11-4-1-2-5-12(11)25-16/h1-2,4-5,7,9H,3,6,8H2,(H,19,22). The second-order valence-corrected chi connectivity index (χ2v) is 7.51. The Balaban J connectivity index is 1.57. The highest BCUT2D eigenvalue weighted by molar-refractivity contribution is 7.20. The van der Waals surface area contributed by atoms with Crippen LogP contribution in [0.25, 0.3) is 10.2 Å². The van der Waals surface area contributed by atoms with Gasteiger partial charge in [-0.3, -0.25) is 19.3 Å². The molecule has 0 unspecified atom stereocenters. The molecule has 1 aliphatic heterocycles. The van der Waals surface area contributed by atoms with Gasteiger partial charge in [-0.15, -0.1) is 22.7 Å². The average Bonchev–Trinajstić information content (AvgIpc) is 3.32. The van der Waals surface area contributed by atoms with E-state index in [1.165, 1.54) is 27.6 Å². The Morgan fingerprint density at radius 2 is 2.04 bits per heavy atom. The lowest BCUT2D eigenvalue weighted by Gasteiger charge is -2.13. The number of carbonyl (C=O) groups excluding carboxylic acids is 3. The summed E-state index contributed by atoms with van der Waals surface area (Å²) in [5.74, 6) is -0.881. The van der Waals surface area contributed by atoms with Gasteiger partial charge in [0.1, 0.15) is 5.00 Å². The Labute approximate surface area is 151 Å². The molecule has 0 atom stereocenters. The van der Waals surface area contributed by atoms with Crippen molar-refractivity contribution in [2.45, 2.75) is 12.8 Å². The van der Waals surface area contributed by atoms with Crippen LogP contribution in [-0.4, -0.2) is 34.2 Å². The van der Waals surface area contributed by atoms with Crippen molar-refractivity contribution in [1.29, 1.82) is 0 Å². The predicted octanol–water partition coefficient (Wildman–Crippen LogP) is 3.37. The number of hydrogen-bond acceptors (Lipinski definition) is 6. The number of thiazole rings is 1. The molecule has 4 rings (SSSR count). The number of amides is 3. The molecule has 1 aliphatic rings. The summed E-state index contributed by atoms with van der Waals surface area (Å²) in [4.78, 5) is 42.4. The number of aromatic nitrogens is 1. The monoisotopic (exact) mass is 371 g/mol. The fourth-order valence-corrected chi connectivity index (χ4v) is 4.34. The van der Waals surface area contributed by atoms with Crippen molar-refractivity contribution in [3.63, 3.8) is 0 Å². The summed E-state index contributed by atoms with van der Waals surface area (Å²) in [6, 6.07) is 9.15. The summed E-state index contributed by atoms with van der Waals surface area (Å²) in [5, 5.41) is 5.26. The predicted molar refractivity (Wildman–Crippen MR) is 97.2 cm³/mol. The maximum Gasteiger partial charge on any atom is 0.285 e. The van der Waals surface area contributed by atoms with E-state index < -0.39 is 0 Å². The van der Waals surface area contributed by atoms with E-state index in [2.05, 4.69) is 10.3 Å². The van der Waals surface area contributed by atoms with E-state index in [-0.39, 0.29) is 17.7 Å². The molecule has 3 heterocycles. The average molecular weight is 371 g/mol. The normalized spacial score (nSPS) is 14.2. The van der Waals surface area contributed by atoms with Crippen molar-refractivity contribution in [2.24, 2.45) is 0 Å². The molecule has 6 nitrogen and oxygen atoms in total. The largest absolute Gasteiger partial charge is 0.311 e. The fourth-order valence-electron chi connectivity index (χ4n) is 2.71. The minimum atomic E-state index is -0.358. The number of carbonyl (C=O) groups is 3. The number of benzene rings is 1. The highest BCUT2D eigenvalue weighted by Gasteiger charge is 2.29. The first-order valence-corrected chi connectivity index (χ1v) is 9.42. The molecule has 1 fully saturated rings. The summed E-state index contributed by atoms with van der Waals surface area (Å²) >= 11 is 2.55. The molecule has 2 aromatic heterocycles. The zero-order valence-corrected chi connectivity index (χ0v) is 14.7. The smallest absolute Gasteiger partial charge is 0.285 e. The van der Waals surface area contributed by atoms with Crippen LogP contribution < -0.4 is 5.32 Å². The maximum atomic E-state index is 12.5. The van der Waals surface area contributed by atoms with Crippen LogP contribution in [0, 0.1) is 0 Å². The third-order valence-corrected chi connectivity index (χ3v) is 5.79. The number of rotatable bonds is 3. The van der Waals surface area contributed by atoms with Crippen LogP contribution in [0.4, 0.5) is 5.00 Å². The highest BCUT2D eigenvalue weighted by atomic mass is 32.1. The van der Waals surface area contributed by atoms with Gasteiger partial charge in [0.15, 0.2) is 5.01 Å². The molecule has 3 aromatic rings. The number of nitrogens with one attached hydrogen (secondary N) is 1. The number of fused-ring (bicyclic) bond motifs is 1. The van der Waals surface area contributed by atoms with E-state index >= 15 is 0 Å². The van der Waals surface area contributed by atoms with Crippen LogP contribution in [0.3, 0.4) is 0 Å². The molecule has 0 bridgehead atoms. The van der Waals surface area contributed by atoms with E-state index in [9.17, 15) is 14.4 Å². The van der Waals surface area contributed by atoms with Gasteiger partial charge in [0.2, 0.25) is 5.91 Å². The second kappa shape index (κ2) is 6.38. The van der Waals surface area contributed by atoms with Crippen molar-refractivity contribution >= 4 is 55.6 Å². The number of nitrogens with zero attached hydrogens (tertiary/aromatic N) is 2.